The second-order valence-corrected chi connectivity index (χ2v) is 20.4. The van der Waals surface area contributed by atoms with E-state index in [-0.39, 0.29) is 19.4 Å². The van der Waals surface area contributed by atoms with Gasteiger partial charge in [0, 0.05) is 12.8 Å². The molecule has 0 aromatic carbocycles. The van der Waals surface area contributed by atoms with Crippen LogP contribution in [0.15, 0.2) is 36.5 Å². The Morgan fingerprint density at radius 3 is 1.36 bits per heavy atom. The number of aliphatic hydroxyl groups excluding tert-OH is 7. The Morgan fingerprint density at radius 2 is 0.863 bits per heavy atom. The topological polar surface area (TPSA) is 231 Å². The summed E-state index contributed by atoms with van der Waals surface area (Å²) in [5.41, 5.74) is 0. The summed E-state index contributed by atoms with van der Waals surface area (Å²) in [4.78, 5) is 25.8. The molecule has 7 N–H and O–H groups in total. The molecule has 0 bridgehead atoms. The zero-order valence-electron chi connectivity index (χ0n) is 45.4. The van der Waals surface area contributed by atoms with Gasteiger partial charge in [0.2, 0.25) is 0 Å². The Balaban J connectivity index is 1.71. The number of unbranched alkanes of at least 4 members (excludes halogenated alkanes) is 26. The van der Waals surface area contributed by atoms with Gasteiger partial charge in [-0.3, -0.25) is 9.59 Å². The van der Waals surface area contributed by atoms with Crippen molar-refractivity contribution in [2.45, 2.75) is 293 Å². The first kappa shape index (κ1) is 66.8. The normalized spacial score (nSPS) is 25.1. The van der Waals surface area contributed by atoms with Gasteiger partial charge in [-0.15, -0.1) is 0 Å². The SMILES string of the molecule is CC/C=C\C/C=C\C/C=C\CCCCCC(=O)OC(COC(=O)CCCCCCCCCCCCCCCCCCCCCCCCCC)COC1OC(COC2OC(CO)C(O)C(O)C2O)C(O)C(O)C1O. The van der Waals surface area contributed by atoms with Gasteiger partial charge in [-0.2, -0.15) is 0 Å². The number of esters is 2. The maximum atomic E-state index is 13.0. The van der Waals surface area contributed by atoms with E-state index in [1.54, 1.807) is 0 Å². The molecule has 11 unspecified atom stereocenters. The summed E-state index contributed by atoms with van der Waals surface area (Å²) in [6.45, 7) is 2.48. The van der Waals surface area contributed by atoms with E-state index >= 15 is 0 Å². The van der Waals surface area contributed by atoms with Gasteiger partial charge < -0.3 is 64.2 Å². The fraction of sp³-hybridized carbons (Fsp3) is 0.862. The van der Waals surface area contributed by atoms with Crippen molar-refractivity contribution in [3.8, 4) is 0 Å². The van der Waals surface area contributed by atoms with E-state index in [1.807, 2.05) is 0 Å². The molecule has 0 radical (unpaired) electrons. The molecule has 0 saturated carbocycles. The van der Waals surface area contributed by atoms with Crippen LogP contribution in [-0.2, 0) is 38.0 Å². The lowest BCUT2D eigenvalue weighted by atomic mass is 9.98. The van der Waals surface area contributed by atoms with Crippen molar-refractivity contribution in [3.05, 3.63) is 36.5 Å². The van der Waals surface area contributed by atoms with Crippen molar-refractivity contribution < 1.29 is 73.8 Å². The van der Waals surface area contributed by atoms with Crippen LogP contribution in [0.5, 0.6) is 0 Å². The average molecular weight is 1040 g/mol. The first-order chi connectivity index (χ1) is 35.5. The van der Waals surface area contributed by atoms with Crippen LogP contribution >= 0.6 is 0 Å². The number of rotatable bonds is 46. The first-order valence-corrected chi connectivity index (χ1v) is 29.1. The number of carbonyl (C=O) groups is 2. The molecule has 0 aromatic rings. The van der Waals surface area contributed by atoms with Crippen molar-refractivity contribution in [2.24, 2.45) is 0 Å². The molecule has 0 amide bonds. The quantitative estimate of drug-likeness (QED) is 0.0171. The Bertz CT molecular complexity index is 1410. The van der Waals surface area contributed by atoms with E-state index in [1.165, 1.54) is 128 Å². The molecule has 2 aliphatic rings. The second kappa shape index (κ2) is 44.8. The number of hydrogen-bond donors (Lipinski definition) is 7. The van der Waals surface area contributed by atoms with Crippen LogP contribution in [-0.4, -0.2) is 142 Å². The predicted octanol–water partition coefficient (Wildman–Crippen LogP) is 9.66. The van der Waals surface area contributed by atoms with Crippen LogP contribution in [0.2, 0.25) is 0 Å². The molecule has 15 nitrogen and oxygen atoms in total. The molecule has 2 aliphatic heterocycles. The average Bonchev–Trinajstić information content (AvgIpc) is 3.38. The molecular weight excluding hydrogens is 937 g/mol. The molecular formula is C58H104O15. The Kier molecular flexibility index (Phi) is 41.0. The number of aliphatic hydroxyl groups is 7. The van der Waals surface area contributed by atoms with Crippen molar-refractivity contribution in [3.63, 3.8) is 0 Å². The monoisotopic (exact) mass is 1040 g/mol. The molecule has 0 spiro atoms. The summed E-state index contributed by atoms with van der Waals surface area (Å²) >= 11 is 0. The molecule has 11 atom stereocenters. The van der Waals surface area contributed by atoms with E-state index in [9.17, 15) is 45.3 Å². The zero-order valence-corrected chi connectivity index (χ0v) is 45.4. The highest BCUT2D eigenvalue weighted by molar-refractivity contribution is 5.70. The lowest BCUT2D eigenvalue weighted by molar-refractivity contribution is -0.332. The standard InChI is InChI=1S/C58H104O15/c1-3-5-7-9-11-13-15-17-18-19-20-21-22-23-24-25-26-27-29-30-32-34-36-38-40-49(60)68-43-46(71-50(61)41-39-37-35-33-31-28-16-14-12-10-8-6-4-2)44-69-57-56(67)54(65)52(63)48(73-57)45-70-58-55(66)53(64)51(62)47(42-59)72-58/h6,8,12,14,28,31,46-48,51-59,62-67H,3-5,7,9-11,13,15-27,29-30,32-45H2,1-2H3/b8-6-,14-12-,31-28-. The number of allylic oxidation sites excluding steroid dienone is 6. The molecule has 15 heteroatoms. The largest absolute Gasteiger partial charge is 0.462 e. The van der Waals surface area contributed by atoms with Crippen molar-refractivity contribution in [1.82, 2.24) is 0 Å². The van der Waals surface area contributed by atoms with E-state index < -0.39 is 99.3 Å². The summed E-state index contributed by atoms with van der Waals surface area (Å²) in [5, 5.41) is 72.2. The molecule has 73 heavy (non-hydrogen) atoms. The number of carbonyl (C=O) groups excluding carboxylic acids is 2. The lowest BCUT2D eigenvalue weighted by Crippen LogP contribution is -2.61. The van der Waals surface area contributed by atoms with Crippen molar-refractivity contribution in [2.75, 3.05) is 26.4 Å². The molecule has 2 fully saturated rings. The second-order valence-electron chi connectivity index (χ2n) is 20.4. The third kappa shape index (κ3) is 32.2. The highest BCUT2D eigenvalue weighted by Crippen LogP contribution is 2.27. The van der Waals surface area contributed by atoms with Crippen LogP contribution in [0.25, 0.3) is 0 Å². The first-order valence-electron chi connectivity index (χ1n) is 29.1. The van der Waals surface area contributed by atoms with E-state index in [0.717, 1.165) is 57.8 Å². The summed E-state index contributed by atoms with van der Waals surface area (Å²) < 4.78 is 33.6. The maximum Gasteiger partial charge on any atom is 0.306 e. The summed E-state index contributed by atoms with van der Waals surface area (Å²) in [5.74, 6) is -0.950. The summed E-state index contributed by atoms with van der Waals surface area (Å²) in [6, 6.07) is 0. The van der Waals surface area contributed by atoms with Crippen LogP contribution in [0.3, 0.4) is 0 Å². The number of hydrogen-bond acceptors (Lipinski definition) is 15. The van der Waals surface area contributed by atoms with Crippen molar-refractivity contribution in [1.29, 1.82) is 0 Å². The van der Waals surface area contributed by atoms with Gasteiger partial charge >= 0.3 is 11.9 Å². The number of ether oxygens (including phenoxy) is 6. The minimum Gasteiger partial charge on any atom is -0.462 e. The third-order valence-corrected chi connectivity index (χ3v) is 13.9. The van der Waals surface area contributed by atoms with Crippen LogP contribution in [0.1, 0.15) is 226 Å². The molecule has 2 heterocycles. The smallest absolute Gasteiger partial charge is 0.306 e. The molecule has 2 saturated heterocycles. The van der Waals surface area contributed by atoms with Gasteiger partial charge in [-0.1, -0.05) is 204 Å². The van der Waals surface area contributed by atoms with Crippen LogP contribution < -0.4 is 0 Å². The molecule has 0 aromatic heterocycles. The zero-order chi connectivity index (χ0) is 53.2. The van der Waals surface area contributed by atoms with E-state index in [0.29, 0.717) is 12.8 Å². The molecule has 2 rings (SSSR count). The van der Waals surface area contributed by atoms with Gasteiger partial charge in [0.25, 0.3) is 0 Å². The Labute approximate surface area is 440 Å². The minimum atomic E-state index is -1.77. The predicted molar refractivity (Wildman–Crippen MR) is 284 cm³/mol. The summed E-state index contributed by atoms with van der Waals surface area (Å²) in [6.07, 6.45) is 33.3. The van der Waals surface area contributed by atoms with Crippen LogP contribution in [0, 0.1) is 0 Å². The fourth-order valence-corrected chi connectivity index (χ4v) is 9.17. The highest BCUT2D eigenvalue weighted by atomic mass is 16.7. The lowest BCUT2D eigenvalue weighted by Gasteiger charge is -2.42. The van der Waals surface area contributed by atoms with Gasteiger partial charge in [-0.25, -0.2) is 0 Å². The minimum absolute atomic E-state index is 0.131. The Hall–Kier alpha value is -2.28. The maximum absolute atomic E-state index is 13.0. The molecule has 426 valence electrons. The fourth-order valence-electron chi connectivity index (χ4n) is 9.17. The van der Waals surface area contributed by atoms with Gasteiger partial charge in [-0.05, 0) is 44.9 Å². The van der Waals surface area contributed by atoms with Gasteiger partial charge in [0.15, 0.2) is 18.7 Å². The molecule has 0 aliphatic carbocycles. The third-order valence-electron chi connectivity index (χ3n) is 13.9. The summed E-state index contributed by atoms with van der Waals surface area (Å²) in [7, 11) is 0. The van der Waals surface area contributed by atoms with Crippen molar-refractivity contribution >= 4 is 11.9 Å². The van der Waals surface area contributed by atoms with E-state index in [4.69, 9.17) is 28.4 Å². The highest BCUT2D eigenvalue weighted by Gasteiger charge is 2.47. The van der Waals surface area contributed by atoms with Gasteiger partial charge in [0.1, 0.15) is 55.4 Å². The Morgan fingerprint density at radius 1 is 0.452 bits per heavy atom. The van der Waals surface area contributed by atoms with Crippen LogP contribution in [0.4, 0.5) is 0 Å². The van der Waals surface area contributed by atoms with E-state index in [2.05, 4.69) is 50.3 Å². The van der Waals surface area contributed by atoms with Gasteiger partial charge in [0.05, 0.1) is 19.8 Å².